The van der Waals surface area contributed by atoms with Gasteiger partial charge in [-0.2, -0.15) is 0 Å². The molecule has 0 aromatic carbocycles. The van der Waals surface area contributed by atoms with Crippen molar-refractivity contribution >= 4 is 0 Å². The average Bonchev–Trinajstić information content (AvgIpc) is 2.34. The molecule has 1 aliphatic rings. The second-order valence-corrected chi connectivity index (χ2v) is 5.26. The summed E-state index contributed by atoms with van der Waals surface area (Å²) in [5.74, 6) is 1.02. The lowest BCUT2D eigenvalue weighted by Crippen LogP contribution is -2.30. The van der Waals surface area contributed by atoms with E-state index in [2.05, 4.69) is 24.9 Å². The predicted molar refractivity (Wildman–Crippen MR) is 72.7 cm³/mol. The highest BCUT2D eigenvalue weighted by Gasteiger charge is 2.15. The highest BCUT2D eigenvalue weighted by atomic mass is 14.9. The van der Waals surface area contributed by atoms with Crippen molar-refractivity contribution in [2.45, 2.75) is 70.8 Å². The van der Waals surface area contributed by atoms with E-state index >= 15 is 0 Å². The summed E-state index contributed by atoms with van der Waals surface area (Å²) in [6.07, 6.45) is 14.6. The Morgan fingerprint density at radius 2 is 2.06 bits per heavy atom. The second kappa shape index (κ2) is 8.81. The van der Waals surface area contributed by atoms with Gasteiger partial charge in [-0.3, -0.25) is 0 Å². The molecule has 1 N–H and O–H groups in total. The zero-order valence-electron chi connectivity index (χ0n) is 11.0. The van der Waals surface area contributed by atoms with E-state index in [1.54, 1.807) is 0 Å². The van der Waals surface area contributed by atoms with E-state index in [0.717, 1.165) is 18.9 Å². The van der Waals surface area contributed by atoms with Crippen LogP contribution in [-0.4, -0.2) is 12.6 Å². The van der Waals surface area contributed by atoms with Gasteiger partial charge in [-0.05, 0) is 38.1 Å². The molecule has 1 fully saturated rings. The molecule has 0 amide bonds. The minimum Gasteiger partial charge on any atom is -0.314 e. The Kier molecular flexibility index (Phi) is 7.58. The molecule has 94 valence electrons. The van der Waals surface area contributed by atoms with Crippen LogP contribution in [0.15, 0.2) is 12.7 Å². The first-order valence-corrected chi connectivity index (χ1v) is 7.21. The van der Waals surface area contributed by atoms with Crippen LogP contribution in [0, 0.1) is 5.92 Å². The van der Waals surface area contributed by atoms with Crippen LogP contribution in [-0.2, 0) is 0 Å². The summed E-state index contributed by atoms with van der Waals surface area (Å²) < 4.78 is 0. The van der Waals surface area contributed by atoms with Crippen molar-refractivity contribution in [1.29, 1.82) is 0 Å². The number of rotatable bonds is 8. The van der Waals surface area contributed by atoms with E-state index in [1.807, 2.05) is 0 Å². The molecule has 0 radical (unpaired) electrons. The van der Waals surface area contributed by atoms with Crippen molar-refractivity contribution in [2.75, 3.05) is 6.54 Å². The van der Waals surface area contributed by atoms with E-state index in [4.69, 9.17) is 0 Å². The number of hydrogen-bond acceptors (Lipinski definition) is 1. The summed E-state index contributed by atoms with van der Waals surface area (Å²) in [6.45, 7) is 7.25. The van der Waals surface area contributed by atoms with E-state index in [1.165, 1.54) is 51.4 Å². The molecule has 0 aliphatic heterocycles. The third-order valence-electron chi connectivity index (χ3n) is 3.78. The maximum absolute atomic E-state index is 3.86. The molecule has 1 saturated carbocycles. The molecule has 0 heterocycles. The SMILES string of the molecule is C=CCC(CCC1CCCCC1)NCCC. The van der Waals surface area contributed by atoms with Gasteiger partial charge in [0, 0.05) is 6.04 Å². The Labute approximate surface area is 102 Å². The monoisotopic (exact) mass is 223 g/mol. The molecule has 0 saturated heterocycles. The lowest BCUT2D eigenvalue weighted by atomic mass is 9.85. The first kappa shape index (κ1) is 13.8. The molecule has 0 aromatic heterocycles. The van der Waals surface area contributed by atoms with Gasteiger partial charge in [0.25, 0.3) is 0 Å². The van der Waals surface area contributed by atoms with Crippen molar-refractivity contribution in [1.82, 2.24) is 5.32 Å². The van der Waals surface area contributed by atoms with Gasteiger partial charge >= 0.3 is 0 Å². The topological polar surface area (TPSA) is 12.0 Å². The standard InChI is InChI=1S/C15H29N/c1-3-8-15(16-13-4-2)12-11-14-9-6-5-7-10-14/h3,14-16H,1,4-13H2,2H3. The van der Waals surface area contributed by atoms with Gasteiger partial charge in [0.05, 0.1) is 0 Å². The van der Waals surface area contributed by atoms with Crippen molar-refractivity contribution < 1.29 is 0 Å². The minimum atomic E-state index is 0.680. The summed E-state index contributed by atoms with van der Waals surface area (Å²) in [5, 5.41) is 3.64. The zero-order chi connectivity index (χ0) is 11.6. The first-order valence-electron chi connectivity index (χ1n) is 7.21. The van der Waals surface area contributed by atoms with Crippen LogP contribution in [0.3, 0.4) is 0 Å². The normalized spacial score (nSPS) is 19.6. The van der Waals surface area contributed by atoms with Crippen LogP contribution >= 0.6 is 0 Å². The minimum absolute atomic E-state index is 0.680. The Balaban J connectivity index is 2.16. The highest BCUT2D eigenvalue weighted by Crippen LogP contribution is 2.27. The fraction of sp³-hybridized carbons (Fsp3) is 0.867. The molecule has 16 heavy (non-hydrogen) atoms. The Bertz CT molecular complexity index is 170. The van der Waals surface area contributed by atoms with Gasteiger partial charge in [-0.25, -0.2) is 0 Å². The Morgan fingerprint density at radius 1 is 1.31 bits per heavy atom. The quantitative estimate of drug-likeness (QED) is 0.605. The van der Waals surface area contributed by atoms with Crippen molar-refractivity contribution in [2.24, 2.45) is 5.92 Å². The second-order valence-electron chi connectivity index (χ2n) is 5.26. The molecule has 1 aliphatic carbocycles. The van der Waals surface area contributed by atoms with Crippen molar-refractivity contribution in [3.63, 3.8) is 0 Å². The smallest absolute Gasteiger partial charge is 0.0102 e. The summed E-state index contributed by atoms with van der Waals surface area (Å²) in [6, 6.07) is 0.680. The zero-order valence-corrected chi connectivity index (χ0v) is 11.0. The fourth-order valence-corrected chi connectivity index (χ4v) is 2.77. The third kappa shape index (κ3) is 5.69. The molecule has 0 spiro atoms. The molecule has 1 atom stereocenters. The van der Waals surface area contributed by atoms with Gasteiger partial charge in [0.15, 0.2) is 0 Å². The van der Waals surface area contributed by atoms with Gasteiger partial charge < -0.3 is 5.32 Å². The van der Waals surface area contributed by atoms with Crippen LogP contribution in [0.25, 0.3) is 0 Å². The summed E-state index contributed by atoms with van der Waals surface area (Å²) in [5.41, 5.74) is 0. The van der Waals surface area contributed by atoms with E-state index < -0.39 is 0 Å². The lowest BCUT2D eigenvalue weighted by Gasteiger charge is -2.24. The Morgan fingerprint density at radius 3 is 2.69 bits per heavy atom. The predicted octanol–water partition coefficient (Wildman–Crippen LogP) is 4.29. The molecule has 1 unspecified atom stereocenters. The lowest BCUT2D eigenvalue weighted by molar-refractivity contribution is 0.313. The van der Waals surface area contributed by atoms with Gasteiger partial charge in [0.2, 0.25) is 0 Å². The van der Waals surface area contributed by atoms with E-state index in [9.17, 15) is 0 Å². The van der Waals surface area contributed by atoms with Gasteiger partial charge in [-0.1, -0.05) is 45.1 Å². The van der Waals surface area contributed by atoms with E-state index in [-0.39, 0.29) is 0 Å². The van der Waals surface area contributed by atoms with Crippen LogP contribution < -0.4 is 5.32 Å². The largest absolute Gasteiger partial charge is 0.314 e. The fourth-order valence-electron chi connectivity index (χ4n) is 2.77. The molecule has 0 aromatic rings. The maximum Gasteiger partial charge on any atom is 0.0102 e. The average molecular weight is 223 g/mol. The van der Waals surface area contributed by atoms with E-state index in [0.29, 0.717) is 6.04 Å². The molecular formula is C15H29N. The molecule has 0 bridgehead atoms. The Hall–Kier alpha value is -0.300. The van der Waals surface area contributed by atoms with Crippen LogP contribution in [0.1, 0.15) is 64.7 Å². The van der Waals surface area contributed by atoms with Gasteiger partial charge in [0.1, 0.15) is 0 Å². The molecule has 1 nitrogen and oxygen atoms in total. The summed E-state index contributed by atoms with van der Waals surface area (Å²) in [4.78, 5) is 0. The molecule has 1 rings (SSSR count). The van der Waals surface area contributed by atoms with Gasteiger partial charge in [-0.15, -0.1) is 6.58 Å². The first-order chi connectivity index (χ1) is 7.86. The summed E-state index contributed by atoms with van der Waals surface area (Å²) >= 11 is 0. The van der Waals surface area contributed by atoms with Crippen molar-refractivity contribution in [3.8, 4) is 0 Å². The van der Waals surface area contributed by atoms with Crippen molar-refractivity contribution in [3.05, 3.63) is 12.7 Å². The number of nitrogens with one attached hydrogen (secondary N) is 1. The van der Waals surface area contributed by atoms with Crippen LogP contribution in [0.4, 0.5) is 0 Å². The molecule has 1 heteroatoms. The summed E-state index contributed by atoms with van der Waals surface area (Å²) in [7, 11) is 0. The highest BCUT2D eigenvalue weighted by molar-refractivity contribution is 4.79. The van der Waals surface area contributed by atoms with Crippen LogP contribution in [0.2, 0.25) is 0 Å². The maximum atomic E-state index is 3.86. The van der Waals surface area contributed by atoms with Crippen LogP contribution in [0.5, 0.6) is 0 Å². The third-order valence-corrected chi connectivity index (χ3v) is 3.78. The molecular weight excluding hydrogens is 194 g/mol. The number of hydrogen-bond donors (Lipinski definition) is 1.